The van der Waals surface area contributed by atoms with Crippen molar-refractivity contribution in [2.24, 2.45) is 0 Å². The minimum absolute atomic E-state index is 0.790. The first-order valence-corrected chi connectivity index (χ1v) is 9.36. The van der Waals surface area contributed by atoms with Gasteiger partial charge in [0, 0.05) is 38.4 Å². The SMILES string of the molecule is COc1ccc(CCN2CCN(c3ccc(C)c(C)c3)CC2)cc1OC. The lowest BCUT2D eigenvalue weighted by atomic mass is 10.1. The molecule has 4 heteroatoms. The van der Waals surface area contributed by atoms with Crippen molar-refractivity contribution in [1.29, 1.82) is 0 Å². The number of rotatable bonds is 6. The van der Waals surface area contributed by atoms with Crippen LogP contribution in [0.1, 0.15) is 16.7 Å². The summed E-state index contributed by atoms with van der Waals surface area (Å²) < 4.78 is 10.7. The summed E-state index contributed by atoms with van der Waals surface area (Å²) in [6.07, 6.45) is 1.03. The molecular formula is C22H30N2O2. The fourth-order valence-electron chi connectivity index (χ4n) is 3.48. The highest BCUT2D eigenvalue weighted by Crippen LogP contribution is 2.28. The van der Waals surface area contributed by atoms with Gasteiger partial charge < -0.3 is 14.4 Å². The van der Waals surface area contributed by atoms with Crippen molar-refractivity contribution in [1.82, 2.24) is 4.90 Å². The molecule has 0 radical (unpaired) electrons. The predicted molar refractivity (Wildman–Crippen MR) is 108 cm³/mol. The molecule has 4 nitrogen and oxygen atoms in total. The standard InChI is InChI=1S/C22H30N2O2/c1-17-5-7-20(15-18(17)2)24-13-11-23(12-14-24)10-9-19-6-8-21(25-3)22(16-19)26-4/h5-8,15-16H,9-14H2,1-4H3. The molecule has 0 N–H and O–H groups in total. The summed E-state index contributed by atoms with van der Waals surface area (Å²) in [5.41, 5.74) is 5.38. The molecule has 0 unspecified atom stereocenters. The van der Waals surface area contributed by atoms with E-state index in [2.05, 4.69) is 54.0 Å². The summed E-state index contributed by atoms with van der Waals surface area (Å²) in [6, 6.07) is 13.0. The first kappa shape index (κ1) is 18.6. The van der Waals surface area contributed by atoms with Crippen LogP contribution in [0.25, 0.3) is 0 Å². The van der Waals surface area contributed by atoms with Crippen LogP contribution in [0.3, 0.4) is 0 Å². The molecule has 1 fully saturated rings. The highest BCUT2D eigenvalue weighted by Gasteiger charge is 2.17. The molecule has 0 aromatic heterocycles. The van der Waals surface area contributed by atoms with Gasteiger partial charge in [-0.25, -0.2) is 0 Å². The van der Waals surface area contributed by atoms with Gasteiger partial charge in [0.25, 0.3) is 0 Å². The minimum atomic E-state index is 0.790. The van der Waals surface area contributed by atoms with Gasteiger partial charge in [-0.05, 0) is 61.2 Å². The van der Waals surface area contributed by atoms with E-state index in [1.807, 2.05) is 6.07 Å². The fourth-order valence-corrected chi connectivity index (χ4v) is 3.48. The summed E-state index contributed by atoms with van der Waals surface area (Å²) >= 11 is 0. The van der Waals surface area contributed by atoms with Gasteiger partial charge in [0.05, 0.1) is 14.2 Å². The lowest BCUT2D eigenvalue weighted by Crippen LogP contribution is -2.47. The zero-order valence-electron chi connectivity index (χ0n) is 16.4. The maximum absolute atomic E-state index is 5.40. The zero-order valence-corrected chi connectivity index (χ0v) is 16.4. The first-order valence-electron chi connectivity index (χ1n) is 9.36. The van der Waals surface area contributed by atoms with Gasteiger partial charge in [-0.15, -0.1) is 0 Å². The third-order valence-corrected chi connectivity index (χ3v) is 5.39. The molecule has 1 saturated heterocycles. The first-order chi connectivity index (χ1) is 12.6. The Bertz CT molecular complexity index is 737. The normalized spacial score (nSPS) is 15.2. The van der Waals surface area contributed by atoms with Crippen molar-refractivity contribution in [2.75, 3.05) is 51.8 Å². The van der Waals surface area contributed by atoms with Crippen molar-refractivity contribution in [3.8, 4) is 11.5 Å². The van der Waals surface area contributed by atoms with E-state index in [0.717, 1.165) is 50.6 Å². The number of nitrogens with zero attached hydrogens (tertiary/aromatic N) is 2. The van der Waals surface area contributed by atoms with Crippen molar-refractivity contribution in [2.45, 2.75) is 20.3 Å². The Morgan fingerprint density at radius 3 is 2.19 bits per heavy atom. The molecule has 140 valence electrons. The largest absolute Gasteiger partial charge is 0.493 e. The molecule has 26 heavy (non-hydrogen) atoms. The summed E-state index contributed by atoms with van der Waals surface area (Å²) in [4.78, 5) is 5.05. The van der Waals surface area contributed by atoms with Crippen LogP contribution in [0.2, 0.25) is 0 Å². The van der Waals surface area contributed by atoms with E-state index in [-0.39, 0.29) is 0 Å². The van der Waals surface area contributed by atoms with Crippen LogP contribution >= 0.6 is 0 Å². The number of benzene rings is 2. The highest BCUT2D eigenvalue weighted by molar-refractivity contribution is 5.51. The quantitative estimate of drug-likeness (QED) is 0.790. The highest BCUT2D eigenvalue weighted by atomic mass is 16.5. The van der Waals surface area contributed by atoms with E-state index >= 15 is 0 Å². The Morgan fingerprint density at radius 2 is 1.54 bits per heavy atom. The maximum atomic E-state index is 5.40. The van der Waals surface area contributed by atoms with Crippen molar-refractivity contribution >= 4 is 5.69 Å². The van der Waals surface area contributed by atoms with Crippen LogP contribution in [0, 0.1) is 13.8 Å². The molecule has 1 aliphatic rings. The Balaban J connectivity index is 1.52. The number of hydrogen-bond donors (Lipinski definition) is 0. The number of methoxy groups -OCH3 is 2. The van der Waals surface area contributed by atoms with Crippen LogP contribution in [0.4, 0.5) is 5.69 Å². The van der Waals surface area contributed by atoms with Gasteiger partial charge >= 0.3 is 0 Å². The average molecular weight is 354 g/mol. The van der Waals surface area contributed by atoms with Crippen molar-refractivity contribution < 1.29 is 9.47 Å². The third kappa shape index (κ3) is 4.31. The van der Waals surface area contributed by atoms with Gasteiger partial charge in [0.2, 0.25) is 0 Å². The Hall–Kier alpha value is -2.20. The summed E-state index contributed by atoms with van der Waals surface area (Å²) in [5, 5.41) is 0. The molecule has 1 aliphatic heterocycles. The van der Waals surface area contributed by atoms with E-state index in [4.69, 9.17) is 9.47 Å². The van der Waals surface area contributed by atoms with Crippen LogP contribution in [-0.4, -0.2) is 51.8 Å². The van der Waals surface area contributed by atoms with Gasteiger partial charge in [0.15, 0.2) is 11.5 Å². The zero-order chi connectivity index (χ0) is 18.5. The average Bonchev–Trinajstić information content (AvgIpc) is 2.68. The van der Waals surface area contributed by atoms with E-state index in [1.54, 1.807) is 14.2 Å². The monoisotopic (exact) mass is 354 g/mol. The van der Waals surface area contributed by atoms with E-state index in [9.17, 15) is 0 Å². The molecule has 2 aromatic rings. The van der Waals surface area contributed by atoms with Crippen molar-refractivity contribution in [3.63, 3.8) is 0 Å². The summed E-state index contributed by atoms with van der Waals surface area (Å²) in [7, 11) is 3.36. The molecule has 0 saturated carbocycles. The van der Waals surface area contributed by atoms with Gasteiger partial charge in [-0.1, -0.05) is 12.1 Å². The van der Waals surface area contributed by atoms with Crippen LogP contribution < -0.4 is 14.4 Å². The van der Waals surface area contributed by atoms with Crippen LogP contribution in [0.5, 0.6) is 11.5 Å². The minimum Gasteiger partial charge on any atom is -0.493 e. The fraction of sp³-hybridized carbons (Fsp3) is 0.455. The second-order valence-corrected chi connectivity index (χ2v) is 7.04. The van der Waals surface area contributed by atoms with Gasteiger partial charge in [-0.3, -0.25) is 4.90 Å². The smallest absolute Gasteiger partial charge is 0.160 e. The van der Waals surface area contributed by atoms with E-state index < -0.39 is 0 Å². The molecule has 2 aromatic carbocycles. The van der Waals surface area contributed by atoms with Gasteiger partial charge in [0.1, 0.15) is 0 Å². The number of anilines is 1. The van der Waals surface area contributed by atoms with Gasteiger partial charge in [-0.2, -0.15) is 0 Å². The maximum Gasteiger partial charge on any atom is 0.160 e. The molecule has 0 bridgehead atoms. The number of aryl methyl sites for hydroxylation is 2. The summed E-state index contributed by atoms with van der Waals surface area (Å²) in [6.45, 7) is 9.85. The second-order valence-electron chi connectivity index (χ2n) is 7.04. The predicted octanol–water partition coefficient (Wildman–Crippen LogP) is 3.69. The Labute approximate surface area is 157 Å². The lowest BCUT2D eigenvalue weighted by molar-refractivity contribution is 0.261. The molecule has 0 spiro atoms. The van der Waals surface area contributed by atoms with E-state index in [0.29, 0.717) is 0 Å². The number of piperazine rings is 1. The third-order valence-electron chi connectivity index (χ3n) is 5.39. The van der Waals surface area contributed by atoms with E-state index in [1.165, 1.54) is 22.4 Å². The number of ether oxygens (including phenoxy) is 2. The number of hydrogen-bond acceptors (Lipinski definition) is 4. The lowest BCUT2D eigenvalue weighted by Gasteiger charge is -2.36. The molecule has 0 atom stereocenters. The molecule has 1 heterocycles. The molecular weight excluding hydrogens is 324 g/mol. The van der Waals surface area contributed by atoms with Crippen molar-refractivity contribution in [3.05, 3.63) is 53.1 Å². The Kier molecular flexibility index (Phi) is 6.04. The molecule has 0 amide bonds. The van der Waals surface area contributed by atoms with Crippen LogP contribution in [0.15, 0.2) is 36.4 Å². The summed E-state index contributed by atoms with van der Waals surface area (Å²) in [5.74, 6) is 1.60. The Morgan fingerprint density at radius 1 is 0.808 bits per heavy atom. The second kappa shape index (κ2) is 8.45. The van der Waals surface area contributed by atoms with Crippen LogP contribution in [-0.2, 0) is 6.42 Å². The molecule has 3 rings (SSSR count). The molecule has 0 aliphatic carbocycles. The topological polar surface area (TPSA) is 24.9 Å².